The third-order valence-corrected chi connectivity index (χ3v) is 3.44. The first-order valence-electron chi connectivity index (χ1n) is 5.95. The Hall–Kier alpha value is -1.57. The van der Waals surface area contributed by atoms with Crippen molar-refractivity contribution < 1.29 is 4.79 Å². The number of hydrogen-bond donors (Lipinski definition) is 0. The number of rotatable bonds is 1. The second-order valence-electron chi connectivity index (χ2n) is 4.49. The van der Waals surface area contributed by atoms with Crippen LogP contribution in [0, 0.1) is 0 Å². The number of fused-ring (bicyclic) bond motifs is 1. The van der Waals surface area contributed by atoms with E-state index in [0.717, 1.165) is 24.9 Å². The highest BCUT2D eigenvalue weighted by Crippen LogP contribution is 2.30. The fraction of sp³-hybridized carbons (Fsp3) is 0.357. The van der Waals surface area contributed by atoms with Crippen molar-refractivity contribution in [3.8, 4) is 0 Å². The van der Waals surface area contributed by atoms with E-state index in [4.69, 9.17) is 0 Å². The highest BCUT2D eigenvalue weighted by molar-refractivity contribution is 5.99. The lowest BCUT2D eigenvalue weighted by molar-refractivity contribution is 0.0819. The molecule has 2 heteroatoms. The van der Waals surface area contributed by atoms with Crippen molar-refractivity contribution in [3.63, 3.8) is 0 Å². The summed E-state index contributed by atoms with van der Waals surface area (Å²) in [5.74, 6) is 0.184. The molecule has 1 aromatic rings. The van der Waals surface area contributed by atoms with E-state index in [-0.39, 0.29) is 5.91 Å². The second kappa shape index (κ2) is 3.78. The average molecular weight is 213 g/mol. The maximum atomic E-state index is 12.2. The zero-order chi connectivity index (χ0) is 11.0. The molecule has 1 aliphatic heterocycles. The Morgan fingerprint density at radius 2 is 2.00 bits per heavy atom. The van der Waals surface area contributed by atoms with Gasteiger partial charge in [-0.2, -0.15) is 0 Å². The van der Waals surface area contributed by atoms with Gasteiger partial charge in [0.1, 0.15) is 0 Å². The minimum atomic E-state index is 0.184. The standard InChI is InChI=1S/C14H15NO/c16-14-13-9-5-4-6-11(13)10-15(14)12-7-2-1-3-8-12/h4-7,9H,1-3,8,10H2. The molecule has 0 atom stereocenters. The van der Waals surface area contributed by atoms with Crippen molar-refractivity contribution in [3.05, 3.63) is 47.2 Å². The van der Waals surface area contributed by atoms with Crippen LogP contribution in [-0.4, -0.2) is 10.8 Å². The molecule has 0 unspecified atom stereocenters. The van der Waals surface area contributed by atoms with E-state index < -0.39 is 0 Å². The normalized spacial score (nSPS) is 19.6. The Morgan fingerprint density at radius 3 is 2.75 bits per heavy atom. The third kappa shape index (κ3) is 1.45. The lowest BCUT2D eigenvalue weighted by Crippen LogP contribution is -2.24. The van der Waals surface area contributed by atoms with E-state index in [9.17, 15) is 4.79 Å². The maximum absolute atomic E-state index is 12.2. The number of amides is 1. The van der Waals surface area contributed by atoms with Crippen LogP contribution >= 0.6 is 0 Å². The van der Waals surface area contributed by atoms with Gasteiger partial charge in [0.2, 0.25) is 0 Å². The van der Waals surface area contributed by atoms with Crippen LogP contribution in [0.4, 0.5) is 0 Å². The molecule has 1 heterocycles. The van der Waals surface area contributed by atoms with Crippen molar-refractivity contribution in [2.75, 3.05) is 0 Å². The minimum absolute atomic E-state index is 0.184. The molecule has 2 aliphatic rings. The van der Waals surface area contributed by atoms with E-state index >= 15 is 0 Å². The smallest absolute Gasteiger partial charge is 0.258 e. The largest absolute Gasteiger partial charge is 0.308 e. The summed E-state index contributed by atoms with van der Waals surface area (Å²) in [6.07, 6.45) is 6.88. The minimum Gasteiger partial charge on any atom is -0.308 e. The van der Waals surface area contributed by atoms with Gasteiger partial charge in [0.05, 0.1) is 6.54 Å². The van der Waals surface area contributed by atoms with Crippen LogP contribution in [-0.2, 0) is 6.54 Å². The highest BCUT2D eigenvalue weighted by atomic mass is 16.2. The number of hydrogen-bond acceptors (Lipinski definition) is 1. The van der Waals surface area contributed by atoms with Gasteiger partial charge in [-0.3, -0.25) is 4.79 Å². The lowest BCUT2D eigenvalue weighted by Gasteiger charge is -2.22. The number of carbonyl (C=O) groups is 1. The van der Waals surface area contributed by atoms with Gasteiger partial charge in [0, 0.05) is 11.3 Å². The molecular formula is C14H15NO. The predicted octanol–water partition coefficient (Wildman–Crippen LogP) is 3.10. The average Bonchev–Trinajstić information content (AvgIpc) is 2.69. The van der Waals surface area contributed by atoms with Gasteiger partial charge in [0.15, 0.2) is 0 Å². The summed E-state index contributed by atoms with van der Waals surface area (Å²) in [4.78, 5) is 14.1. The summed E-state index contributed by atoms with van der Waals surface area (Å²) < 4.78 is 0. The zero-order valence-corrected chi connectivity index (χ0v) is 9.28. The number of carbonyl (C=O) groups excluding carboxylic acids is 1. The summed E-state index contributed by atoms with van der Waals surface area (Å²) in [5, 5.41) is 0. The molecule has 0 saturated heterocycles. The van der Waals surface area contributed by atoms with E-state index in [2.05, 4.69) is 12.1 Å². The Morgan fingerprint density at radius 1 is 1.12 bits per heavy atom. The van der Waals surface area contributed by atoms with Crippen LogP contribution in [0.5, 0.6) is 0 Å². The van der Waals surface area contributed by atoms with E-state index in [0.29, 0.717) is 0 Å². The first kappa shape index (κ1) is 9.64. The molecule has 16 heavy (non-hydrogen) atoms. The van der Waals surface area contributed by atoms with Crippen molar-refractivity contribution in [1.82, 2.24) is 4.90 Å². The highest BCUT2D eigenvalue weighted by Gasteiger charge is 2.29. The molecule has 82 valence electrons. The second-order valence-corrected chi connectivity index (χ2v) is 4.49. The van der Waals surface area contributed by atoms with Crippen LogP contribution < -0.4 is 0 Å². The molecule has 0 N–H and O–H groups in total. The molecule has 0 bridgehead atoms. The van der Waals surface area contributed by atoms with Gasteiger partial charge in [-0.25, -0.2) is 0 Å². The van der Waals surface area contributed by atoms with Gasteiger partial charge in [-0.15, -0.1) is 0 Å². The van der Waals surface area contributed by atoms with Gasteiger partial charge in [-0.1, -0.05) is 24.3 Å². The molecule has 1 amide bonds. The molecule has 0 fully saturated rings. The Balaban J connectivity index is 1.92. The monoisotopic (exact) mass is 213 g/mol. The number of allylic oxidation sites excluding steroid dienone is 2. The number of nitrogens with zero attached hydrogens (tertiary/aromatic N) is 1. The molecule has 3 rings (SSSR count). The first-order chi connectivity index (χ1) is 7.86. The van der Waals surface area contributed by atoms with Crippen LogP contribution in [0.1, 0.15) is 41.6 Å². The summed E-state index contributed by atoms with van der Waals surface area (Å²) in [6, 6.07) is 7.93. The van der Waals surface area contributed by atoms with Crippen LogP contribution in [0.2, 0.25) is 0 Å². The summed E-state index contributed by atoms with van der Waals surface area (Å²) >= 11 is 0. The van der Waals surface area contributed by atoms with Gasteiger partial charge in [-0.05, 0) is 37.3 Å². The summed E-state index contributed by atoms with van der Waals surface area (Å²) in [6.45, 7) is 0.765. The Kier molecular flexibility index (Phi) is 2.28. The molecule has 2 nitrogen and oxygen atoms in total. The van der Waals surface area contributed by atoms with Crippen LogP contribution in [0.25, 0.3) is 0 Å². The molecule has 1 aliphatic carbocycles. The van der Waals surface area contributed by atoms with Crippen molar-refractivity contribution in [2.45, 2.75) is 32.2 Å². The molecular weight excluding hydrogens is 198 g/mol. The molecule has 0 aromatic heterocycles. The summed E-state index contributed by atoms with van der Waals surface area (Å²) in [5.41, 5.74) is 3.28. The SMILES string of the molecule is O=C1c2ccccc2CN1C1=CCCCC1. The first-order valence-corrected chi connectivity index (χ1v) is 5.95. The van der Waals surface area contributed by atoms with Crippen molar-refractivity contribution in [1.29, 1.82) is 0 Å². The quantitative estimate of drug-likeness (QED) is 0.702. The van der Waals surface area contributed by atoms with Gasteiger partial charge >= 0.3 is 0 Å². The van der Waals surface area contributed by atoms with E-state index in [1.54, 1.807) is 0 Å². The maximum Gasteiger partial charge on any atom is 0.258 e. The predicted molar refractivity (Wildman–Crippen MR) is 62.9 cm³/mol. The fourth-order valence-electron chi connectivity index (χ4n) is 2.55. The lowest BCUT2D eigenvalue weighted by atomic mass is 10.0. The Labute approximate surface area is 95.6 Å². The van der Waals surface area contributed by atoms with E-state index in [1.807, 2.05) is 23.1 Å². The van der Waals surface area contributed by atoms with Crippen LogP contribution in [0.3, 0.4) is 0 Å². The van der Waals surface area contributed by atoms with Crippen LogP contribution in [0.15, 0.2) is 36.0 Å². The third-order valence-electron chi connectivity index (χ3n) is 3.44. The molecule has 0 radical (unpaired) electrons. The van der Waals surface area contributed by atoms with E-state index in [1.165, 1.54) is 24.1 Å². The fourth-order valence-corrected chi connectivity index (χ4v) is 2.55. The van der Waals surface area contributed by atoms with Gasteiger partial charge in [0.25, 0.3) is 5.91 Å². The topological polar surface area (TPSA) is 20.3 Å². The van der Waals surface area contributed by atoms with Gasteiger partial charge < -0.3 is 4.90 Å². The zero-order valence-electron chi connectivity index (χ0n) is 9.28. The van der Waals surface area contributed by atoms with Crippen molar-refractivity contribution >= 4 is 5.91 Å². The molecule has 0 spiro atoms. The molecule has 0 saturated carbocycles. The Bertz CT molecular complexity index is 462. The molecule has 1 aromatic carbocycles. The number of benzene rings is 1. The summed E-state index contributed by atoms with van der Waals surface area (Å²) in [7, 11) is 0. The van der Waals surface area contributed by atoms with Crippen molar-refractivity contribution in [2.24, 2.45) is 0 Å².